The Balaban J connectivity index is 2.79. The molecule has 1 unspecified atom stereocenters. The van der Waals surface area contributed by atoms with Gasteiger partial charge in [0.25, 0.3) is 0 Å². The first-order chi connectivity index (χ1) is 5.52. The number of amides is 1. The summed E-state index contributed by atoms with van der Waals surface area (Å²) in [6, 6.07) is -0.741. The van der Waals surface area contributed by atoms with Crippen molar-refractivity contribution in [2.45, 2.75) is 19.4 Å². The minimum absolute atomic E-state index is 0.234. The van der Waals surface area contributed by atoms with Crippen LogP contribution in [0, 0.1) is 0 Å². The average molecular weight is 187 g/mol. The van der Waals surface area contributed by atoms with Gasteiger partial charge in [-0.3, -0.25) is 4.79 Å². The zero-order chi connectivity index (χ0) is 9.30. The van der Waals surface area contributed by atoms with Gasteiger partial charge in [-0.2, -0.15) is 0 Å². The Hall–Kier alpha value is -0.970. The number of carbonyl (C=O) groups excluding carboxylic acids is 1. The van der Waals surface area contributed by atoms with Gasteiger partial charge in [0.05, 0.1) is 6.54 Å². The molecule has 1 N–H and O–H groups in total. The third-order valence-electron chi connectivity index (χ3n) is 1.83. The third-order valence-corrected chi connectivity index (χ3v) is 2.13. The lowest BCUT2D eigenvalue weighted by Gasteiger charge is -2.18. The quantitative estimate of drug-likeness (QED) is 0.590. The SMILES string of the molecule is CC(=O)N1CC(=S)CC1C(=O)O. The molecule has 4 nitrogen and oxygen atoms in total. The van der Waals surface area contributed by atoms with Crippen LogP contribution in [0.1, 0.15) is 13.3 Å². The molecule has 12 heavy (non-hydrogen) atoms. The van der Waals surface area contributed by atoms with Gasteiger partial charge in [0.1, 0.15) is 6.04 Å². The van der Waals surface area contributed by atoms with E-state index in [2.05, 4.69) is 0 Å². The van der Waals surface area contributed by atoms with E-state index < -0.39 is 12.0 Å². The van der Waals surface area contributed by atoms with Crippen molar-refractivity contribution in [1.29, 1.82) is 0 Å². The fourth-order valence-corrected chi connectivity index (χ4v) is 1.54. The summed E-state index contributed by atoms with van der Waals surface area (Å²) in [5.41, 5.74) is 0. The summed E-state index contributed by atoms with van der Waals surface area (Å²) in [4.78, 5) is 23.4. The van der Waals surface area contributed by atoms with Crippen LogP contribution in [-0.2, 0) is 9.59 Å². The van der Waals surface area contributed by atoms with Gasteiger partial charge in [-0.1, -0.05) is 12.2 Å². The molecule has 0 aromatic carbocycles. The molecule has 1 rings (SSSR count). The van der Waals surface area contributed by atoms with Gasteiger partial charge in [0.15, 0.2) is 0 Å². The first-order valence-corrected chi connectivity index (χ1v) is 3.95. The monoisotopic (exact) mass is 187 g/mol. The number of carboxylic acid groups (broad SMARTS) is 1. The Morgan fingerprint density at radius 3 is 2.58 bits per heavy atom. The van der Waals surface area contributed by atoms with Crippen LogP contribution in [0.3, 0.4) is 0 Å². The number of rotatable bonds is 1. The van der Waals surface area contributed by atoms with Crippen molar-refractivity contribution in [2.75, 3.05) is 6.54 Å². The molecule has 1 aliphatic rings. The Morgan fingerprint density at radius 2 is 2.25 bits per heavy atom. The van der Waals surface area contributed by atoms with Gasteiger partial charge in [-0.25, -0.2) is 4.79 Å². The second-order valence-electron chi connectivity index (χ2n) is 2.74. The lowest BCUT2D eigenvalue weighted by molar-refractivity contribution is -0.147. The van der Waals surface area contributed by atoms with Crippen LogP contribution in [0.4, 0.5) is 0 Å². The lowest BCUT2D eigenvalue weighted by Crippen LogP contribution is -2.39. The Bertz CT molecular complexity index is 227. The fourth-order valence-electron chi connectivity index (χ4n) is 1.24. The molecule has 0 bridgehead atoms. The number of carboxylic acids is 1. The van der Waals surface area contributed by atoms with Gasteiger partial charge in [0, 0.05) is 18.2 Å². The summed E-state index contributed by atoms with van der Waals surface area (Å²) in [7, 11) is 0. The van der Waals surface area contributed by atoms with E-state index in [9.17, 15) is 9.59 Å². The van der Waals surface area contributed by atoms with Crippen LogP contribution < -0.4 is 0 Å². The zero-order valence-corrected chi connectivity index (χ0v) is 7.43. The van der Waals surface area contributed by atoms with E-state index in [1.54, 1.807) is 0 Å². The molecule has 0 aromatic heterocycles. The number of aliphatic carboxylic acids is 1. The molecule has 66 valence electrons. The summed E-state index contributed by atoms with van der Waals surface area (Å²) in [5.74, 6) is -1.22. The summed E-state index contributed by atoms with van der Waals surface area (Å²) in [5, 5.41) is 8.70. The minimum atomic E-state index is -0.981. The van der Waals surface area contributed by atoms with Crippen LogP contribution in [0.2, 0.25) is 0 Å². The summed E-state index contributed by atoms with van der Waals surface area (Å²) in [6.07, 6.45) is 0.310. The van der Waals surface area contributed by atoms with Crippen LogP contribution in [0.15, 0.2) is 0 Å². The molecular weight excluding hydrogens is 178 g/mol. The second kappa shape index (κ2) is 3.18. The molecule has 1 saturated heterocycles. The maximum atomic E-state index is 10.9. The smallest absolute Gasteiger partial charge is 0.326 e. The highest BCUT2D eigenvalue weighted by atomic mass is 32.1. The van der Waals surface area contributed by atoms with Gasteiger partial charge < -0.3 is 10.0 Å². The molecule has 5 heteroatoms. The summed E-state index contributed by atoms with van der Waals surface area (Å²) < 4.78 is 0. The van der Waals surface area contributed by atoms with Crippen molar-refractivity contribution >= 4 is 29.0 Å². The molecule has 1 amide bonds. The van der Waals surface area contributed by atoms with E-state index in [1.165, 1.54) is 11.8 Å². The van der Waals surface area contributed by atoms with Crippen molar-refractivity contribution in [3.63, 3.8) is 0 Å². The third kappa shape index (κ3) is 1.61. The molecule has 0 saturated carbocycles. The normalized spacial score (nSPS) is 22.9. The van der Waals surface area contributed by atoms with Crippen molar-refractivity contribution < 1.29 is 14.7 Å². The number of likely N-dealkylation sites (tertiary alicyclic amines) is 1. The largest absolute Gasteiger partial charge is 0.480 e. The Morgan fingerprint density at radius 1 is 1.67 bits per heavy atom. The minimum Gasteiger partial charge on any atom is -0.480 e. The first kappa shape index (κ1) is 9.12. The summed E-state index contributed by atoms with van der Waals surface area (Å²) >= 11 is 4.85. The number of carbonyl (C=O) groups is 2. The number of nitrogens with zero attached hydrogens (tertiary/aromatic N) is 1. The van der Waals surface area contributed by atoms with Crippen LogP contribution in [-0.4, -0.2) is 39.3 Å². The fraction of sp³-hybridized carbons (Fsp3) is 0.571. The average Bonchev–Trinajstić information content (AvgIpc) is 2.31. The molecule has 0 radical (unpaired) electrons. The topological polar surface area (TPSA) is 57.6 Å². The van der Waals surface area contributed by atoms with Gasteiger partial charge in [0.2, 0.25) is 5.91 Å². The number of hydrogen-bond acceptors (Lipinski definition) is 3. The predicted molar refractivity (Wildman–Crippen MR) is 46.0 cm³/mol. The predicted octanol–water partition coefficient (Wildman–Crippen LogP) is 0.0617. The standard InChI is InChI=1S/C7H9NO3S/c1-4(9)8-3-5(12)2-6(8)7(10)11/h6H,2-3H2,1H3,(H,10,11). The van der Waals surface area contributed by atoms with Crippen LogP contribution >= 0.6 is 12.2 Å². The van der Waals surface area contributed by atoms with Crippen molar-refractivity contribution in [2.24, 2.45) is 0 Å². The Labute approximate surface area is 75.2 Å². The van der Waals surface area contributed by atoms with Crippen LogP contribution in [0.25, 0.3) is 0 Å². The zero-order valence-electron chi connectivity index (χ0n) is 6.61. The van der Waals surface area contributed by atoms with E-state index in [0.29, 0.717) is 17.8 Å². The van der Waals surface area contributed by atoms with E-state index in [0.717, 1.165) is 0 Å². The van der Waals surface area contributed by atoms with Gasteiger partial charge >= 0.3 is 5.97 Å². The molecule has 1 fully saturated rings. The highest BCUT2D eigenvalue weighted by Gasteiger charge is 2.34. The molecule has 0 spiro atoms. The van der Waals surface area contributed by atoms with Crippen molar-refractivity contribution in [3.05, 3.63) is 0 Å². The molecule has 1 atom stereocenters. The molecule has 0 aliphatic carbocycles. The van der Waals surface area contributed by atoms with E-state index in [-0.39, 0.29) is 5.91 Å². The summed E-state index contributed by atoms with van der Waals surface area (Å²) in [6.45, 7) is 1.66. The molecule has 1 aliphatic heterocycles. The molecule has 1 heterocycles. The van der Waals surface area contributed by atoms with Gasteiger partial charge in [-0.05, 0) is 0 Å². The maximum Gasteiger partial charge on any atom is 0.326 e. The van der Waals surface area contributed by atoms with Crippen molar-refractivity contribution in [1.82, 2.24) is 4.90 Å². The first-order valence-electron chi connectivity index (χ1n) is 3.54. The molecule has 0 aromatic rings. The second-order valence-corrected chi connectivity index (χ2v) is 3.32. The van der Waals surface area contributed by atoms with E-state index in [4.69, 9.17) is 17.3 Å². The Kier molecular flexibility index (Phi) is 2.42. The molecular formula is C7H9NO3S. The van der Waals surface area contributed by atoms with Crippen molar-refractivity contribution in [3.8, 4) is 0 Å². The van der Waals surface area contributed by atoms with Crippen LogP contribution in [0.5, 0.6) is 0 Å². The van der Waals surface area contributed by atoms with E-state index >= 15 is 0 Å². The van der Waals surface area contributed by atoms with Gasteiger partial charge in [-0.15, -0.1) is 0 Å². The lowest BCUT2D eigenvalue weighted by atomic mass is 10.2. The van der Waals surface area contributed by atoms with E-state index in [1.807, 2.05) is 0 Å². The maximum absolute atomic E-state index is 10.9. The number of hydrogen-bond donors (Lipinski definition) is 1. The highest BCUT2D eigenvalue weighted by Crippen LogP contribution is 2.15. The highest BCUT2D eigenvalue weighted by molar-refractivity contribution is 7.80. The number of thiocarbonyl (C=S) groups is 1.